The quantitative estimate of drug-likeness (QED) is 0.359. The molecule has 1 aromatic rings. The number of rotatable bonds is 8. The fourth-order valence-electron chi connectivity index (χ4n) is 12.4. The molecule has 7 unspecified atom stereocenters. The maximum absolute atomic E-state index is 13.7. The SMILES string of the molecule is CCN1CC2(CC)C3C(OC)C4C1C3(C1C[C@@]3(O)[C@H](OC(=O)c5ccccc5)[C@@H]1[C@]4(OC(C)=O)[C@@H](O)[C@@H]3OC)[C@@H](OC)C[C@H]2O. The predicted octanol–water partition coefficient (Wildman–Crippen LogP) is 1.41. The van der Waals surface area contributed by atoms with Crippen molar-refractivity contribution in [3.63, 3.8) is 0 Å². The summed E-state index contributed by atoms with van der Waals surface area (Å²) in [5.41, 5.74) is -4.40. The second-order valence-corrected chi connectivity index (χ2v) is 14.3. The summed E-state index contributed by atoms with van der Waals surface area (Å²) >= 11 is 0. The van der Waals surface area contributed by atoms with Gasteiger partial charge in [-0.05, 0) is 37.4 Å². The van der Waals surface area contributed by atoms with E-state index < -0.39 is 88.3 Å². The molecule has 1 saturated heterocycles. The average molecular weight is 630 g/mol. The topological polar surface area (TPSA) is 144 Å². The number of fused-ring (bicyclic) bond motifs is 2. The number of piperidine rings is 1. The Bertz CT molecular complexity index is 1350. The van der Waals surface area contributed by atoms with Crippen molar-refractivity contribution >= 4 is 11.9 Å². The maximum Gasteiger partial charge on any atom is 0.338 e. The number of ether oxygens (including phenoxy) is 5. The summed E-state index contributed by atoms with van der Waals surface area (Å²) in [7, 11) is 4.71. The van der Waals surface area contributed by atoms with Crippen molar-refractivity contribution in [2.45, 2.75) is 93.9 Å². The highest BCUT2D eigenvalue weighted by Crippen LogP contribution is 2.81. The molecule has 11 nitrogen and oxygen atoms in total. The van der Waals surface area contributed by atoms with Crippen molar-refractivity contribution in [2.24, 2.45) is 34.5 Å². The summed E-state index contributed by atoms with van der Waals surface area (Å²) in [4.78, 5) is 29.3. The summed E-state index contributed by atoms with van der Waals surface area (Å²) in [6.45, 7) is 6.75. The van der Waals surface area contributed by atoms with Gasteiger partial charge < -0.3 is 39.0 Å². The molecular formula is C34H47NO10. The number of methoxy groups -OCH3 is 3. The van der Waals surface area contributed by atoms with E-state index in [4.69, 9.17) is 23.7 Å². The van der Waals surface area contributed by atoms with E-state index in [2.05, 4.69) is 18.7 Å². The molecule has 5 saturated carbocycles. The molecule has 1 aliphatic heterocycles. The Morgan fingerprint density at radius 3 is 2.29 bits per heavy atom. The van der Waals surface area contributed by atoms with Crippen LogP contribution < -0.4 is 0 Å². The van der Waals surface area contributed by atoms with Crippen LogP contribution in [-0.2, 0) is 28.5 Å². The van der Waals surface area contributed by atoms with E-state index in [0.29, 0.717) is 31.5 Å². The first-order chi connectivity index (χ1) is 21.5. The molecule has 0 radical (unpaired) electrons. The van der Waals surface area contributed by atoms with Crippen LogP contribution in [0.1, 0.15) is 50.4 Å². The van der Waals surface area contributed by atoms with Crippen molar-refractivity contribution < 1.29 is 48.6 Å². The smallest absolute Gasteiger partial charge is 0.338 e. The van der Waals surface area contributed by atoms with Crippen LogP contribution in [0.3, 0.4) is 0 Å². The molecule has 7 bridgehead atoms. The summed E-state index contributed by atoms with van der Waals surface area (Å²) in [5.74, 6) is -3.34. The van der Waals surface area contributed by atoms with E-state index in [-0.39, 0.29) is 18.4 Å². The Labute approximate surface area is 264 Å². The van der Waals surface area contributed by atoms with Crippen LogP contribution in [0.2, 0.25) is 0 Å². The Balaban J connectivity index is 1.53. The lowest BCUT2D eigenvalue weighted by atomic mass is 9.42. The number of carbonyl (C=O) groups excluding carboxylic acids is 2. The molecule has 7 rings (SSSR count). The monoisotopic (exact) mass is 629 g/mol. The van der Waals surface area contributed by atoms with Crippen molar-refractivity contribution in [2.75, 3.05) is 34.4 Å². The number of hydrogen-bond donors (Lipinski definition) is 3. The summed E-state index contributed by atoms with van der Waals surface area (Å²) in [6.07, 6.45) is -4.36. The average Bonchev–Trinajstić information content (AvgIpc) is 3.40. The highest BCUT2D eigenvalue weighted by molar-refractivity contribution is 5.89. The van der Waals surface area contributed by atoms with E-state index >= 15 is 0 Å². The van der Waals surface area contributed by atoms with Crippen molar-refractivity contribution in [1.82, 2.24) is 4.90 Å². The number of nitrogens with zero attached hydrogens (tertiary/aromatic N) is 1. The van der Waals surface area contributed by atoms with Crippen LogP contribution in [-0.4, -0.2) is 120 Å². The molecule has 6 aliphatic rings. The fourth-order valence-corrected chi connectivity index (χ4v) is 12.4. The molecule has 3 N–H and O–H groups in total. The lowest BCUT2D eigenvalue weighted by molar-refractivity contribution is -0.321. The van der Waals surface area contributed by atoms with E-state index in [1.165, 1.54) is 14.0 Å². The van der Waals surface area contributed by atoms with Gasteiger partial charge >= 0.3 is 11.9 Å². The van der Waals surface area contributed by atoms with Crippen molar-refractivity contribution in [3.05, 3.63) is 35.9 Å². The zero-order valence-electron chi connectivity index (χ0n) is 26.9. The molecule has 0 amide bonds. The number of likely N-dealkylation sites (tertiary alicyclic amines) is 1. The zero-order chi connectivity index (χ0) is 32.3. The van der Waals surface area contributed by atoms with Crippen LogP contribution in [0.4, 0.5) is 0 Å². The molecule has 15 atom stereocenters. The van der Waals surface area contributed by atoms with Crippen molar-refractivity contribution in [1.29, 1.82) is 0 Å². The third-order valence-corrected chi connectivity index (χ3v) is 13.4. The van der Waals surface area contributed by atoms with E-state index in [0.717, 1.165) is 0 Å². The lowest BCUT2D eigenvalue weighted by Gasteiger charge is -2.70. The standard InChI is InChI=1S/C34H47NO10/c1-7-31-16-35(8-2)26-23-24(42-5)25(31)33(26,21(41-4)14-20(31)37)19-15-32(40)28(44-30(39)18-12-10-9-11-13-18)22(19)34(23,45-17(3)36)27(38)29(32)43-6/h9-13,19-29,37-38,40H,7-8,14-16H2,1-6H3/t19?,20-,21+,22-,23?,24?,25?,26?,27+,28-,29+,31?,32-,33?,34-/m1/s1. The van der Waals surface area contributed by atoms with E-state index in [9.17, 15) is 24.9 Å². The van der Waals surface area contributed by atoms with Gasteiger partial charge in [-0.1, -0.05) is 32.0 Å². The number of carbonyl (C=O) groups is 2. The summed E-state index contributed by atoms with van der Waals surface area (Å²) < 4.78 is 31.5. The first-order valence-corrected chi connectivity index (χ1v) is 16.4. The van der Waals surface area contributed by atoms with Gasteiger partial charge in [-0.25, -0.2) is 4.79 Å². The van der Waals surface area contributed by atoms with Gasteiger partial charge in [-0.2, -0.15) is 0 Å². The van der Waals surface area contributed by atoms with Crippen molar-refractivity contribution in [3.8, 4) is 0 Å². The largest absolute Gasteiger partial charge is 0.455 e. The maximum atomic E-state index is 13.7. The van der Waals surface area contributed by atoms with Crippen LogP contribution in [0, 0.1) is 34.5 Å². The number of aliphatic hydroxyl groups is 3. The molecule has 5 aliphatic carbocycles. The molecule has 6 fully saturated rings. The highest BCUT2D eigenvalue weighted by atomic mass is 16.6. The zero-order valence-corrected chi connectivity index (χ0v) is 26.9. The molecule has 11 heteroatoms. The van der Waals surface area contributed by atoms with Gasteiger partial charge in [0.1, 0.15) is 23.9 Å². The van der Waals surface area contributed by atoms with E-state index in [1.807, 2.05) is 0 Å². The van der Waals surface area contributed by atoms with Crippen LogP contribution in [0.15, 0.2) is 30.3 Å². The molecule has 45 heavy (non-hydrogen) atoms. The summed E-state index contributed by atoms with van der Waals surface area (Å²) in [5, 5.41) is 37.2. The molecule has 1 heterocycles. The van der Waals surface area contributed by atoms with E-state index in [1.54, 1.807) is 44.6 Å². The first kappa shape index (κ1) is 31.5. The van der Waals surface area contributed by atoms with Gasteiger partial charge in [0.05, 0.1) is 23.9 Å². The number of hydrogen-bond acceptors (Lipinski definition) is 11. The third-order valence-electron chi connectivity index (χ3n) is 13.4. The van der Waals surface area contributed by atoms with Crippen LogP contribution >= 0.6 is 0 Å². The molecule has 0 aromatic heterocycles. The van der Waals surface area contributed by atoms with Gasteiger partial charge in [0.15, 0.2) is 5.60 Å². The number of benzene rings is 1. The van der Waals surface area contributed by atoms with Crippen LogP contribution in [0.5, 0.6) is 0 Å². The number of aliphatic hydroxyl groups excluding tert-OH is 2. The normalized spacial score (nSPS) is 50.7. The molecule has 1 spiro atoms. The molecule has 1 aromatic carbocycles. The fraction of sp³-hybridized carbons (Fsp3) is 0.765. The first-order valence-electron chi connectivity index (χ1n) is 16.4. The Hall–Kier alpha value is -2.12. The lowest BCUT2D eigenvalue weighted by Crippen LogP contribution is -2.81. The Morgan fingerprint density at radius 2 is 1.71 bits per heavy atom. The van der Waals surface area contributed by atoms with Gasteiger partial charge in [0.2, 0.25) is 0 Å². The molecule has 248 valence electrons. The Kier molecular flexibility index (Phi) is 7.30. The minimum absolute atomic E-state index is 0.118. The predicted molar refractivity (Wildman–Crippen MR) is 159 cm³/mol. The van der Waals surface area contributed by atoms with Gasteiger partial charge in [0, 0.05) is 75.8 Å². The van der Waals surface area contributed by atoms with Gasteiger partial charge in [0.25, 0.3) is 0 Å². The van der Waals surface area contributed by atoms with Crippen LogP contribution in [0.25, 0.3) is 0 Å². The number of esters is 2. The molecular weight excluding hydrogens is 582 g/mol. The summed E-state index contributed by atoms with van der Waals surface area (Å²) in [6, 6.07) is 8.29. The minimum Gasteiger partial charge on any atom is -0.455 e. The second-order valence-electron chi connectivity index (χ2n) is 14.3. The minimum atomic E-state index is -1.80. The Morgan fingerprint density at radius 1 is 1.00 bits per heavy atom. The second kappa shape index (κ2) is 10.4. The third kappa shape index (κ3) is 3.50. The highest BCUT2D eigenvalue weighted by Gasteiger charge is 2.92. The van der Waals surface area contributed by atoms with Gasteiger partial charge in [-0.3, -0.25) is 9.69 Å². The van der Waals surface area contributed by atoms with Gasteiger partial charge in [-0.15, -0.1) is 0 Å².